The molecular weight excluding hydrogens is 440 g/mol. The van der Waals surface area contributed by atoms with Gasteiger partial charge in [0, 0.05) is 35.9 Å². The van der Waals surface area contributed by atoms with Gasteiger partial charge in [0.15, 0.2) is 0 Å². The van der Waals surface area contributed by atoms with E-state index in [4.69, 9.17) is 11.6 Å². The summed E-state index contributed by atoms with van der Waals surface area (Å²) >= 11 is 5.74. The molecule has 0 spiro atoms. The molecule has 0 aliphatic carbocycles. The first-order valence-corrected chi connectivity index (χ1v) is 10.7. The number of anilines is 1. The van der Waals surface area contributed by atoms with Gasteiger partial charge in [0.1, 0.15) is 18.1 Å². The maximum absolute atomic E-state index is 13.7. The highest BCUT2D eigenvalue weighted by molar-refractivity contribution is 7.89. The van der Waals surface area contributed by atoms with Crippen LogP contribution in [0.1, 0.15) is 10.4 Å². The highest BCUT2D eigenvalue weighted by Gasteiger charge is 2.39. The van der Waals surface area contributed by atoms with Gasteiger partial charge in [-0.05, 0) is 36.4 Å². The van der Waals surface area contributed by atoms with Crippen molar-refractivity contribution >= 4 is 44.1 Å². The number of nitrogens with one attached hydrogen (secondary N) is 2. The van der Waals surface area contributed by atoms with Gasteiger partial charge in [-0.1, -0.05) is 11.6 Å². The second-order valence-corrected chi connectivity index (χ2v) is 9.24. The number of aliphatic hydroxyl groups is 1. The van der Waals surface area contributed by atoms with Crippen LogP contribution in [0.2, 0.25) is 5.02 Å². The molecule has 2 aromatic carbocycles. The number of aromatic amines is 1. The number of rotatable bonds is 4. The van der Waals surface area contributed by atoms with Crippen molar-refractivity contribution in [3.63, 3.8) is 0 Å². The molecule has 0 radical (unpaired) electrons. The number of carbonyl (C=O) groups excluding carboxylic acids is 1. The molecule has 1 amide bonds. The largest absolute Gasteiger partial charge is 0.389 e. The predicted molar refractivity (Wildman–Crippen MR) is 107 cm³/mol. The first-order chi connectivity index (χ1) is 14.2. The van der Waals surface area contributed by atoms with Crippen molar-refractivity contribution in [1.82, 2.24) is 9.29 Å². The van der Waals surface area contributed by atoms with Gasteiger partial charge in [-0.2, -0.15) is 4.31 Å². The first kappa shape index (κ1) is 20.7. The minimum atomic E-state index is -4.15. The van der Waals surface area contributed by atoms with Crippen molar-refractivity contribution in [3.8, 4) is 0 Å². The van der Waals surface area contributed by atoms with E-state index in [2.05, 4.69) is 10.3 Å². The lowest BCUT2D eigenvalue weighted by Gasteiger charge is -2.16. The van der Waals surface area contributed by atoms with Crippen LogP contribution < -0.4 is 5.32 Å². The molecular formula is C19H16ClF2N3O4S. The molecule has 3 N–H and O–H groups in total. The van der Waals surface area contributed by atoms with Gasteiger partial charge >= 0.3 is 0 Å². The Bertz CT molecular complexity index is 1240. The fourth-order valence-corrected chi connectivity index (χ4v) is 5.01. The summed E-state index contributed by atoms with van der Waals surface area (Å²) in [5.41, 5.74) is 0.658. The van der Waals surface area contributed by atoms with E-state index in [1.54, 1.807) is 12.3 Å². The predicted octanol–water partition coefficient (Wildman–Crippen LogP) is 2.92. The third-order valence-corrected chi connectivity index (χ3v) is 6.99. The molecule has 4 rings (SSSR count). The molecule has 0 bridgehead atoms. The summed E-state index contributed by atoms with van der Waals surface area (Å²) in [6, 6.07) is 7.78. The van der Waals surface area contributed by atoms with E-state index in [1.165, 1.54) is 24.3 Å². The normalized spacial score (nSPS) is 20.0. The molecule has 1 aliphatic heterocycles. The topological polar surface area (TPSA) is 102 Å². The Balaban J connectivity index is 1.72. The van der Waals surface area contributed by atoms with Gasteiger partial charge in [-0.3, -0.25) is 4.79 Å². The minimum Gasteiger partial charge on any atom is -0.389 e. The van der Waals surface area contributed by atoms with Crippen molar-refractivity contribution in [2.45, 2.75) is 17.2 Å². The van der Waals surface area contributed by atoms with Crippen LogP contribution in [0.15, 0.2) is 47.5 Å². The zero-order valence-corrected chi connectivity index (χ0v) is 16.8. The second kappa shape index (κ2) is 7.62. The third-order valence-electron chi connectivity index (χ3n) is 4.89. The van der Waals surface area contributed by atoms with Gasteiger partial charge in [0.25, 0.3) is 5.91 Å². The van der Waals surface area contributed by atoms with Crippen LogP contribution in [0.4, 0.5) is 14.5 Å². The third kappa shape index (κ3) is 3.67. The molecule has 7 nitrogen and oxygen atoms in total. The van der Waals surface area contributed by atoms with Crippen LogP contribution in [0.5, 0.6) is 0 Å². The Morgan fingerprint density at radius 2 is 2.00 bits per heavy atom. The number of β-amino-alcohol motifs (C(OH)–C–C–N with tert-alkyl or cyclic N) is 1. The molecule has 2 atom stereocenters. The number of aliphatic hydroxyl groups excluding tert-OH is 1. The average molecular weight is 456 g/mol. The number of H-pyrrole nitrogens is 1. The highest BCUT2D eigenvalue weighted by atomic mass is 35.5. The second-order valence-electron chi connectivity index (χ2n) is 6.90. The number of aromatic nitrogens is 1. The van der Waals surface area contributed by atoms with E-state index in [0.29, 0.717) is 10.9 Å². The maximum Gasteiger partial charge on any atom is 0.256 e. The monoisotopic (exact) mass is 455 g/mol. The number of nitrogens with zero attached hydrogens (tertiary/aromatic N) is 1. The smallest absolute Gasteiger partial charge is 0.256 e. The van der Waals surface area contributed by atoms with Gasteiger partial charge in [0.05, 0.1) is 15.5 Å². The van der Waals surface area contributed by atoms with Crippen molar-refractivity contribution in [2.24, 2.45) is 0 Å². The van der Waals surface area contributed by atoms with Crippen LogP contribution in [0.25, 0.3) is 10.9 Å². The minimum absolute atomic E-state index is 0.0457. The zero-order chi connectivity index (χ0) is 21.6. The Hall–Kier alpha value is -2.53. The SMILES string of the molecule is O=C(Nc1ccc(F)c(Cl)c1)c1cc(S(=O)(=O)N2CC(O)C(F)C2)cc2[nH]ccc12. The number of hydrogen-bond donors (Lipinski definition) is 3. The number of fused-ring (bicyclic) bond motifs is 1. The Kier molecular flexibility index (Phi) is 5.27. The summed E-state index contributed by atoms with van der Waals surface area (Å²) in [6.07, 6.45) is -1.54. The Morgan fingerprint density at radius 1 is 1.23 bits per heavy atom. The van der Waals surface area contributed by atoms with E-state index in [0.717, 1.165) is 10.4 Å². The van der Waals surface area contributed by atoms with E-state index in [-0.39, 0.29) is 27.7 Å². The zero-order valence-electron chi connectivity index (χ0n) is 15.3. The summed E-state index contributed by atoms with van der Waals surface area (Å²) in [4.78, 5) is 15.5. The van der Waals surface area contributed by atoms with E-state index in [9.17, 15) is 27.1 Å². The number of sulfonamides is 1. The molecule has 2 unspecified atom stereocenters. The van der Waals surface area contributed by atoms with Gasteiger partial charge in [-0.25, -0.2) is 17.2 Å². The molecule has 2 heterocycles. The maximum atomic E-state index is 13.7. The van der Waals surface area contributed by atoms with Gasteiger partial charge < -0.3 is 15.4 Å². The summed E-state index contributed by atoms with van der Waals surface area (Å²) in [5, 5.41) is 12.4. The Morgan fingerprint density at radius 3 is 2.67 bits per heavy atom. The number of halogens is 3. The molecule has 30 heavy (non-hydrogen) atoms. The van der Waals surface area contributed by atoms with Crippen LogP contribution in [-0.2, 0) is 10.0 Å². The molecule has 158 valence electrons. The quantitative estimate of drug-likeness (QED) is 0.563. The lowest BCUT2D eigenvalue weighted by Crippen LogP contribution is -2.30. The summed E-state index contributed by atoms with van der Waals surface area (Å²) in [7, 11) is -4.15. The summed E-state index contributed by atoms with van der Waals surface area (Å²) < 4.78 is 53.8. The molecule has 1 aliphatic rings. The van der Waals surface area contributed by atoms with Crippen LogP contribution in [0.3, 0.4) is 0 Å². The highest BCUT2D eigenvalue weighted by Crippen LogP contribution is 2.29. The lowest BCUT2D eigenvalue weighted by atomic mass is 10.1. The molecule has 11 heteroatoms. The number of benzene rings is 2. The van der Waals surface area contributed by atoms with Gasteiger partial charge in [-0.15, -0.1) is 0 Å². The van der Waals surface area contributed by atoms with Crippen molar-refractivity contribution in [3.05, 3.63) is 59.0 Å². The van der Waals surface area contributed by atoms with Crippen molar-refractivity contribution < 1.29 is 27.1 Å². The van der Waals surface area contributed by atoms with Gasteiger partial charge in [0.2, 0.25) is 10.0 Å². The summed E-state index contributed by atoms with van der Waals surface area (Å²) in [6.45, 7) is -0.844. The number of carbonyl (C=O) groups is 1. The molecule has 3 aromatic rings. The van der Waals surface area contributed by atoms with Crippen molar-refractivity contribution in [1.29, 1.82) is 0 Å². The number of alkyl halides is 1. The van der Waals surface area contributed by atoms with E-state index in [1.807, 2.05) is 0 Å². The standard InChI is InChI=1S/C19H16ClF2N3O4S/c20-14-5-10(1-2-15(14)21)24-19(27)13-6-11(7-17-12(13)3-4-23-17)30(28,29)25-8-16(22)18(26)9-25/h1-7,16,18,23,26H,8-9H2,(H,24,27). The first-order valence-electron chi connectivity index (χ1n) is 8.86. The fraction of sp³-hybridized carbons (Fsp3) is 0.211. The molecule has 1 aromatic heterocycles. The summed E-state index contributed by atoms with van der Waals surface area (Å²) in [5.74, 6) is -1.28. The van der Waals surface area contributed by atoms with E-state index >= 15 is 0 Å². The van der Waals surface area contributed by atoms with Crippen molar-refractivity contribution in [2.75, 3.05) is 18.4 Å². The van der Waals surface area contributed by atoms with E-state index < -0.39 is 40.6 Å². The van der Waals surface area contributed by atoms with Crippen LogP contribution >= 0.6 is 11.6 Å². The Labute approximate surface area is 175 Å². The van der Waals surface area contributed by atoms with Crippen LogP contribution in [0, 0.1) is 5.82 Å². The fourth-order valence-electron chi connectivity index (χ4n) is 3.31. The van der Waals surface area contributed by atoms with Crippen LogP contribution in [-0.4, -0.2) is 54.1 Å². The lowest BCUT2D eigenvalue weighted by molar-refractivity contribution is 0.102. The molecule has 1 fully saturated rings. The average Bonchev–Trinajstić information content (AvgIpc) is 3.30. The number of hydrogen-bond acceptors (Lipinski definition) is 4. The number of amides is 1. The molecule has 0 saturated carbocycles. The molecule has 1 saturated heterocycles.